The van der Waals surface area contributed by atoms with Crippen molar-refractivity contribution in [1.29, 1.82) is 0 Å². The second-order valence-electron chi connectivity index (χ2n) is 2.68. The number of nitrogens with two attached hydrogens (primary N) is 1. The van der Waals surface area contributed by atoms with Crippen molar-refractivity contribution in [2.24, 2.45) is 0 Å². The Balaban J connectivity index is 2.86. The van der Waals surface area contributed by atoms with Crippen LogP contribution in [0.25, 0.3) is 0 Å². The van der Waals surface area contributed by atoms with Crippen LogP contribution < -0.4 is 11.1 Å². The SMILES string of the molecule is CN[C@@H](C)c1cccc(N)c1. The number of nitrogens with one attached hydrogen (secondary N) is 1. The highest BCUT2D eigenvalue weighted by Gasteiger charge is 2.00. The summed E-state index contributed by atoms with van der Waals surface area (Å²) in [5.41, 5.74) is 7.68. The van der Waals surface area contributed by atoms with Crippen LogP contribution in [0.5, 0.6) is 0 Å². The van der Waals surface area contributed by atoms with E-state index in [0.717, 1.165) is 5.69 Å². The van der Waals surface area contributed by atoms with Gasteiger partial charge in [-0.3, -0.25) is 0 Å². The summed E-state index contributed by atoms with van der Waals surface area (Å²) in [5.74, 6) is 0. The van der Waals surface area contributed by atoms with Crippen LogP contribution in [0.2, 0.25) is 0 Å². The lowest BCUT2D eigenvalue weighted by molar-refractivity contribution is 0.652. The van der Waals surface area contributed by atoms with E-state index in [1.165, 1.54) is 5.56 Å². The molecule has 0 bridgehead atoms. The molecule has 1 aromatic rings. The highest BCUT2D eigenvalue weighted by Crippen LogP contribution is 2.13. The first-order valence-corrected chi connectivity index (χ1v) is 3.76. The Bertz CT molecular complexity index is 233. The maximum absolute atomic E-state index is 5.62. The molecule has 0 unspecified atom stereocenters. The highest BCUT2D eigenvalue weighted by molar-refractivity contribution is 5.41. The molecule has 0 spiro atoms. The molecule has 0 aliphatic carbocycles. The van der Waals surface area contributed by atoms with Crippen LogP contribution in [0.15, 0.2) is 24.3 Å². The fourth-order valence-electron chi connectivity index (χ4n) is 0.995. The topological polar surface area (TPSA) is 38.0 Å². The van der Waals surface area contributed by atoms with Crippen LogP contribution in [0.4, 0.5) is 5.69 Å². The summed E-state index contributed by atoms with van der Waals surface area (Å²) in [7, 11) is 1.94. The van der Waals surface area contributed by atoms with Gasteiger partial charge in [0.25, 0.3) is 0 Å². The van der Waals surface area contributed by atoms with Crippen molar-refractivity contribution in [1.82, 2.24) is 5.32 Å². The largest absolute Gasteiger partial charge is 0.399 e. The van der Waals surface area contributed by atoms with Crippen LogP contribution >= 0.6 is 0 Å². The standard InChI is InChI=1S/C9H14N2/c1-7(11-2)8-4-3-5-9(10)6-8/h3-7,11H,10H2,1-2H3/t7-/m0/s1. The van der Waals surface area contributed by atoms with E-state index in [-0.39, 0.29) is 0 Å². The van der Waals surface area contributed by atoms with E-state index in [1.807, 2.05) is 25.2 Å². The molecule has 0 radical (unpaired) electrons. The van der Waals surface area contributed by atoms with Gasteiger partial charge < -0.3 is 11.1 Å². The fraction of sp³-hybridized carbons (Fsp3) is 0.333. The van der Waals surface area contributed by atoms with Crippen LogP contribution in [0.3, 0.4) is 0 Å². The molecular formula is C9H14N2. The normalized spacial score (nSPS) is 12.9. The van der Waals surface area contributed by atoms with Gasteiger partial charge in [0.1, 0.15) is 0 Å². The van der Waals surface area contributed by atoms with Crippen LogP contribution in [-0.2, 0) is 0 Å². The molecule has 0 aliphatic heterocycles. The molecule has 2 heteroatoms. The third-order valence-corrected chi connectivity index (χ3v) is 1.84. The summed E-state index contributed by atoms with van der Waals surface area (Å²) in [6.45, 7) is 2.11. The molecule has 0 saturated carbocycles. The maximum atomic E-state index is 5.62. The van der Waals surface area contributed by atoms with Crippen molar-refractivity contribution in [3.63, 3.8) is 0 Å². The first-order valence-electron chi connectivity index (χ1n) is 3.76. The fourth-order valence-corrected chi connectivity index (χ4v) is 0.995. The van der Waals surface area contributed by atoms with E-state index in [0.29, 0.717) is 6.04 Å². The molecule has 0 aliphatic rings. The Hall–Kier alpha value is -1.02. The van der Waals surface area contributed by atoms with Gasteiger partial charge in [0.15, 0.2) is 0 Å². The molecule has 1 aromatic carbocycles. The van der Waals surface area contributed by atoms with Crippen molar-refractivity contribution >= 4 is 5.69 Å². The molecule has 60 valence electrons. The zero-order chi connectivity index (χ0) is 8.27. The van der Waals surface area contributed by atoms with Gasteiger partial charge in [-0.05, 0) is 31.7 Å². The van der Waals surface area contributed by atoms with Crippen molar-refractivity contribution in [2.75, 3.05) is 12.8 Å². The number of hydrogen-bond acceptors (Lipinski definition) is 2. The number of nitrogen functional groups attached to an aromatic ring is 1. The smallest absolute Gasteiger partial charge is 0.0317 e. The quantitative estimate of drug-likeness (QED) is 0.628. The molecule has 0 aromatic heterocycles. The molecule has 0 fully saturated rings. The molecule has 1 rings (SSSR count). The number of benzene rings is 1. The average molecular weight is 150 g/mol. The van der Waals surface area contributed by atoms with Crippen molar-refractivity contribution in [3.05, 3.63) is 29.8 Å². The first-order chi connectivity index (χ1) is 5.24. The Morgan fingerprint density at radius 3 is 2.73 bits per heavy atom. The van der Waals surface area contributed by atoms with Crippen LogP contribution in [0, 0.1) is 0 Å². The van der Waals surface area contributed by atoms with E-state index in [4.69, 9.17) is 5.73 Å². The molecular weight excluding hydrogens is 136 g/mol. The summed E-state index contributed by atoms with van der Waals surface area (Å²) >= 11 is 0. The molecule has 0 saturated heterocycles. The highest BCUT2D eigenvalue weighted by atomic mass is 14.8. The van der Waals surface area contributed by atoms with Gasteiger partial charge in [-0.1, -0.05) is 12.1 Å². The lowest BCUT2D eigenvalue weighted by Crippen LogP contribution is -2.12. The van der Waals surface area contributed by atoms with Gasteiger partial charge in [0.05, 0.1) is 0 Å². The Morgan fingerprint density at radius 2 is 2.18 bits per heavy atom. The second kappa shape index (κ2) is 3.39. The van der Waals surface area contributed by atoms with Crippen LogP contribution in [0.1, 0.15) is 18.5 Å². The molecule has 3 N–H and O–H groups in total. The molecule has 1 atom stereocenters. The van der Waals surface area contributed by atoms with E-state index in [9.17, 15) is 0 Å². The summed E-state index contributed by atoms with van der Waals surface area (Å²) in [6.07, 6.45) is 0. The molecule has 2 nitrogen and oxygen atoms in total. The lowest BCUT2D eigenvalue weighted by Gasteiger charge is -2.10. The summed E-state index contributed by atoms with van der Waals surface area (Å²) in [4.78, 5) is 0. The van der Waals surface area contributed by atoms with Gasteiger partial charge >= 0.3 is 0 Å². The predicted octanol–water partition coefficient (Wildman–Crippen LogP) is 1.55. The maximum Gasteiger partial charge on any atom is 0.0317 e. The molecule has 11 heavy (non-hydrogen) atoms. The minimum atomic E-state index is 0.374. The Morgan fingerprint density at radius 1 is 1.45 bits per heavy atom. The number of rotatable bonds is 2. The van der Waals surface area contributed by atoms with E-state index in [2.05, 4.69) is 18.3 Å². The lowest BCUT2D eigenvalue weighted by atomic mass is 10.1. The van der Waals surface area contributed by atoms with Gasteiger partial charge in [-0.2, -0.15) is 0 Å². The summed E-state index contributed by atoms with van der Waals surface area (Å²) in [5, 5.41) is 3.15. The third-order valence-electron chi connectivity index (χ3n) is 1.84. The van der Waals surface area contributed by atoms with Crippen molar-refractivity contribution in [2.45, 2.75) is 13.0 Å². The van der Waals surface area contributed by atoms with E-state index >= 15 is 0 Å². The van der Waals surface area contributed by atoms with Gasteiger partial charge in [-0.15, -0.1) is 0 Å². The zero-order valence-electron chi connectivity index (χ0n) is 6.96. The Labute approximate surface area is 67.4 Å². The molecule has 0 amide bonds. The van der Waals surface area contributed by atoms with E-state index in [1.54, 1.807) is 0 Å². The average Bonchev–Trinajstić information content (AvgIpc) is 2.03. The molecule has 0 heterocycles. The third kappa shape index (κ3) is 1.95. The minimum absolute atomic E-state index is 0.374. The Kier molecular flexibility index (Phi) is 2.49. The number of hydrogen-bond donors (Lipinski definition) is 2. The first kappa shape index (κ1) is 8.08. The van der Waals surface area contributed by atoms with Crippen molar-refractivity contribution in [3.8, 4) is 0 Å². The van der Waals surface area contributed by atoms with Gasteiger partial charge in [0.2, 0.25) is 0 Å². The van der Waals surface area contributed by atoms with Gasteiger partial charge in [-0.25, -0.2) is 0 Å². The van der Waals surface area contributed by atoms with Gasteiger partial charge in [0, 0.05) is 11.7 Å². The zero-order valence-corrected chi connectivity index (χ0v) is 6.96. The summed E-state index contributed by atoms with van der Waals surface area (Å²) in [6, 6.07) is 8.29. The van der Waals surface area contributed by atoms with Crippen molar-refractivity contribution < 1.29 is 0 Å². The predicted molar refractivity (Wildman–Crippen MR) is 48.3 cm³/mol. The summed E-state index contributed by atoms with van der Waals surface area (Å²) < 4.78 is 0. The monoisotopic (exact) mass is 150 g/mol. The van der Waals surface area contributed by atoms with E-state index < -0.39 is 0 Å². The van der Waals surface area contributed by atoms with Crippen LogP contribution in [-0.4, -0.2) is 7.05 Å². The minimum Gasteiger partial charge on any atom is -0.399 e. The number of anilines is 1. The second-order valence-corrected chi connectivity index (χ2v) is 2.68.